The lowest BCUT2D eigenvalue weighted by atomic mass is 9.99. The predicted molar refractivity (Wildman–Crippen MR) is 50.6 cm³/mol. The minimum Gasteiger partial charge on any atom is -0.348 e. The van der Waals surface area contributed by atoms with E-state index in [1.54, 1.807) is 5.32 Å². The first-order valence-electron chi connectivity index (χ1n) is 5.41. The Morgan fingerprint density at radius 1 is 1.18 bits per heavy atom. The summed E-state index contributed by atoms with van der Waals surface area (Å²) in [5.74, 6) is -7.59. The molecule has 1 amide bonds. The Morgan fingerprint density at radius 2 is 1.65 bits per heavy atom. The van der Waals surface area contributed by atoms with Gasteiger partial charge in [0.2, 0.25) is 0 Å². The summed E-state index contributed by atoms with van der Waals surface area (Å²) >= 11 is 0. The minimum absolute atomic E-state index is 0.0111. The Bertz CT molecular complexity index is 283. The Balaban J connectivity index is 2.59. The van der Waals surface area contributed by atoms with E-state index in [0.29, 0.717) is 0 Å². The molecule has 0 aromatic rings. The van der Waals surface area contributed by atoms with E-state index in [2.05, 4.69) is 0 Å². The lowest BCUT2D eigenvalue weighted by Gasteiger charge is -2.24. The van der Waals surface area contributed by atoms with Crippen molar-refractivity contribution in [1.29, 1.82) is 0 Å². The van der Waals surface area contributed by atoms with Crippen molar-refractivity contribution in [2.75, 3.05) is 0 Å². The van der Waals surface area contributed by atoms with Crippen LogP contribution in [0.15, 0.2) is 0 Å². The highest BCUT2D eigenvalue weighted by atomic mass is 19.4. The number of amides is 1. The molecule has 17 heavy (non-hydrogen) atoms. The second-order valence-electron chi connectivity index (χ2n) is 4.38. The number of halogens is 5. The van der Waals surface area contributed by atoms with Crippen LogP contribution in [0.1, 0.15) is 32.6 Å². The van der Waals surface area contributed by atoms with Crippen molar-refractivity contribution in [2.24, 2.45) is 5.92 Å². The van der Waals surface area contributed by atoms with Crippen LogP contribution in [0.25, 0.3) is 0 Å². The van der Waals surface area contributed by atoms with Gasteiger partial charge in [-0.2, -0.15) is 22.0 Å². The van der Waals surface area contributed by atoms with Crippen LogP contribution in [0.2, 0.25) is 0 Å². The fraction of sp³-hybridized carbons (Fsp3) is 0.900. The van der Waals surface area contributed by atoms with Gasteiger partial charge in [0.1, 0.15) is 0 Å². The number of hydrogen-bond donors (Lipinski definition) is 1. The van der Waals surface area contributed by atoms with Crippen molar-refractivity contribution in [3.8, 4) is 0 Å². The van der Waals surface area contributed by atoms with Crippen molar-refractivity contribution in [2.45, 2.75) is 50.7 Å². The molecule has 0 spiro atoms. The van der Waals surface area contributed by atoms with E-state index in [1.807, 2.05) is 0 Å². The Morgan fingerprint density at radius 3 is 2.06 bits per heavy atom. The van der Waals surface area contributed by atoms with Gasteiger partial charge in [0.15, 0.2) is 0 Å². The van der Waals surface area contributed by atoms with Crippen LogP contribution in [0.5, 0.6) is 0 Å². The number of carbonyl (C=O) groups excluding carboxylic acids is 1. The number of hydrogen-bond acceptors (Lipinski definition) is 1. The van der Waals surface area contributed by atoms with Crippen LogP contribution in [0.4, 0.5) is 22.0 Å². The SMILES string of the molecule is C[C@@H](NC(=O)C(F)(F)C(F)(F)F)C1CCCC1. The molecule has 0 aliphatic heterocycles. The second kappa shape index (κ2) is 4.78. The minimum atomic E-state index is -5.84. The van der Waals surface area contributed by atoms with Gasteiger partial charge in [0.05, 0.1) is 0 Å². The zero-order valence-corrected chi connectivity index (χ0v) is 9.28. The molecule has 1 atom stereocenters. The highest BCUT2D eigenvalue weighted by Gasteiger charge is 2.63. The van der Waals surface area contributed by atoms with E-state index >= 15 is 0 Å². The van der Waals surface area contributed by atoms with E-state index in [-0.39, 0.29) is 5.92 Å². The normalized spacial score (nSPS) is 20.4. The molecule has 1 saturated carbocycles. The van der Waals surface area contributed by atoms with Crippen molar-refractivity contribution >= 4 is 5.91 Å². The molecule has 1 rings (SSSR count). The van der Waals surface area contributed by atoms with Crippen molar-refractivity contribution in [3.05, 3.63) is 0 Å². The fourth-order valence-electron chi connectivity index (χ4n) is 2.00. The van der Waals surface area contributed by atoms with E-state index < -0.39 is 24.0 Å². The van der Waals surface area contributed by atoms with Gasteiger partial charge < -0.3 is 5.32 Å². The summed E-state index contributed by atoms with van der Waals surface area (Å²) in [5.41, 5.74) is 0. The molecular weight excluding hydrogens is 245 g/mol. The third-order valence-corrected chi connectivity index (χ3v) is 3.11. The van der Waals surface area contributed by atoms with Gasteiger partial charge in [-0.15, -0.1) is 0 Å². The van der Waals surface area contributed by atoms with Gasteiger partial charge in [-0.1, -0.05) is 12.8 Å². The zero-order chi connectivity index (χ0) is 13.3. The molecule has 0 saturated heterocycles. The maximum absolute atomic E-state index is 12.6. The maximum atomic E-state index is 12.6. The van der Waals surface area contributed by atoms with Crippen LogP contribution in [0, 0.1) is 5.92 Å². The first-order valence-corrected chi connectivity index (χ1v) is 5.41. The quantitative estimate of drug-likeness (QED) is 0.776. The number of nitrogens with one attached hydrogen (secondary N) is 1. The molecular formula is C10H14F5NO. The molecule has 2 nitrogen and oxygen atoms in total. The molecule has 1 fully saturated rings. The van der Waals surface area contributed by atoms with Gasteiger partial charge in [-0.25, -0.2) is 0 Å². The summed E-state index contributed by atoms with van der Waals surface area (Å²) in [5, 5.41) is 1.76. The largest absolute Gasteiger partial charge is 0.463 e. The van der Waals surface area contributed by atoms with E-state index in [1.165, 1.54) is 6.92 Å². The van der Waals surface area contributed by atoms with Crippen molar-refractivity contribution in [1.82, 2.24) is 5.32 Å². The van der Waals surface area contributed by atoms with Crippen molar-refractivity contribution < 1.29 is 26.7 Å². The molecule has 0 heterocycles. The molecule has 0 bridgehead atoms. The van der Waals surface area contributed by atoms with Crippen LogP contribution < -0.4 is 5.32 Å². The van der Waals surface area contributed by atoms with Gasteiger partial charge in [0.25, 0.3) is 0 Å². The highest BCUT2D eigenvalue weighted by Crippen LogP contribution is 2.36. The first-order chi connectivity index (χ1) is 7.66. The second-order valence-corrected chi connectivity index (χ2v) is 4.38. The Labute approximate surface area is 95.6 Å². The smallest absolute Gasteiger partial charge is 0.348 e. The van der Waals surface area contributed by atoms with E-state index in [9.17, 15) is 26.7 Å². The summed E-state index contributed by atoms with van der Waals surface area (Å²) in [4.78, 5) is 10.9. The van der Waals surface area contributed by atoms with E-state index in [0.717, 1.165) is 25.7 Å². The number of carbonyl (C=O) groups is 1. The number of alkyl halides is 5. The molecule has 1 aliphatic carbocycles. The lowest BCUT2D eigenvalue weighted by Crippen LogP contribution is -2.53. The maximum Gasteiger partial charge on any atom is 0.463 e. The van der Waals surface area contributed by atoms with Crippen LogP contribution in [-0.2, 0) is 4.79 Å². The number of rotatable bonds is 3. The third kappa shape index (κ3) is 3.07. The van der Waals surface area contributed by atoms with Gasteiger partial charge >= 0.3 is 18.0 Å². The molecule has 0 aromatic carbocycles. The Kier molecular flexibility index (Phi) is 3.99. The molecule has 0 unspecified atom stereocenters. The van der Waals surface area contributed by atoms with Gasteiger partial charge in [0, 0.05) is 6.04 Å². The van der Waals surface area contributed by atoms with E-state index in [4.69, 9.17) is 0 Å². The average Bonchev–Trinajstić information content (AvgIpc) is 2.68. The summed E-state index contributed by atoms with van der Waals surface area (Å²) in [6, 6.07) is -0.654. The zero-order valence-electron chi connectivity index (χ0n) is 9.28. The molecule has 1 N–H and O–H groups in total. The molecule has 7 heteroatoms. The Hall–Kier alpha value is -0.880. The summed E-state index contributed by atoms with van der Waals surface area (Å²) in [6.45, 7) is 1.46. The standard InChI is InChI=1S/C10H14F5NO/c1-6(7-4-2-3-5-7)16-8(17)9(11,12)10(13,14)15/h6-7H,2-5H2,1H3,(H,16,17)/t6-/m1/s1. The lowest BCUT2D eigenvalue weighted by molar-refractivity contribution is -0.270. The molecule has 1 aliphatic rings. The fourth-order valence-corrected chi connectivity index (χ4v) is 2.00. The summed E-state index contributed by atoms with van der Waals surface area (Å²) in [7, 11) is 0. The molecule has 0 radical (unpaired) electrons. The van der Waals surface area contributed by atoms with Crippen LogP contribution in [0.3, 0.4) is 0 Å². The van der Waals surface area contributed by atoms with Crippen LogP contribution in [-0.4, -0.2) is 24.0 Å². The third-order valence-electron chi connectivity index (χ3n) is 3.11. The van der Waals surface area contributed by atoms with Crippen molar-refractivity contribution in [3.63, 3.8) is 0 Å². The summed E-state index contributed by atoms with van der Waals surface area (Å²) in [6.07, 6.45) is -2.51. The average molecular weight is 259 g/mol. The first kappa shape index (κ1) is 14.2. The van der Waals surface area contributed by atoms with Crippen LogP contribution >= 0.6 is 0 Å². The van der Waals surface area contributed by atoms with Gasteiger partial charge in [-0.3, -0.25) is 4.79 Å². The summed E-state index contributed by atoms with van der Waals surface area (Å²) < 4.78 is 61.0. The highest BCUT2D eigenvalue weighted by molar-refractivity contribution is 5.84. The molecule has 100 valence electrons. The predicted octanol–water partition coefficient (Wildman–Crippen LogP) is 2.88. The monoisotopic (exact) mass is 259 g/mol. The topological polar surface area (TPSA) is 29.1 Å². The molecule has 0 aromatic heterocycles. The van der Waals surface area contributed by atoms with Gasteiger partial charge in [-0.05, 0) is 25.7 Å².